The van der Waals surface area contributed by atoms with Gasteiger partial charge in [0.2, 0.25) is 0 Å². The highest BCUT2D eigenvalue weighted by atomic mass is 79.9. The maximum absolute atomic E-state index is 11.7. The van der Waals surface area contributed by atoms with Gasteiger partial charge in [0.05, 0.1) is 17.4 Å². The van der Waals surface area contributed by atoms with Gasteiger partial charge in [-0.3, -0.25) is 4.79 Å². The number of halogens is 1. The van der Waals surface area contributed by atoms with E-state index in [2.05, 4.69) is 26.2 Å². The Labute approximate surface area is 101 Å². The zero-order valence-corrected chi connectivity index (χ0v) is 10.1. The van der Waals surface area contributed by atoms with Crippen LogP contribution in [0.15, 0.2) is 39.7 Å². The number of aromatic nitrogens is 1. The average molecular weight is 281 g/mol. The van der Waals surface area contributed by atoms with Crippen molar-refractivity contribution in [3.63, 3.8) is 0 Å². The zero-order valence-electron chi connectivity index (χ0n) is 8.53. The van der Waals surface area contributed by atoms with Crippen LogP contribution in [0.5, 0.6) is 0 Å². The number of carbonyl (C=O) groups excluding carboxylic acids is 1. The standard InChI is InChI=1S/C11H9BrN2O2/c1-7-4-8(6-16-7)11(15)14-9-2-3-10(12)13-5-9/h2-6H,1H3,(H,14,15). The second kappa shape index (κ2) is 4.49. The van der Waals surface area contributed by atoms with Crippen LogP contribution in [0, 0.1) is 6.92 Å². The van der Waals surface area contributed by atoms with E-state index >= 15 is 0 Å². The van der Waals surface area contributed by atoms with Crippen LogP contribution in [0.1, 0.15) is 16.1 Å². The number of rotatable bonds is 2. The summed E-state index contributed by atoms with van der Waals surface area (Å²) in [7, 11) is 0. The third-order valence-corrected chi connectivity index (χ3v) is 2.45. The van der Waals surface area contributed by atoms with Gasteiger partial charge in [-0.25, -0.2) is 4.98 Å². The Morgan fingerprint density at radius 2 is 2.31 bits per heavy atom. The molecule has 5 heteroatoms. The van der Waals surface area contributed by atoms with Crippen molar-refractivity contribution in [2.45, 2.75) is 6.92 Å². The SMILES string of the molecule is Cc1cc(C(=O)Nc2ccc(Br)nc2)co1. The number of hydrogen-bond donors (Lipinski definition) is 1. The van der Waals surface area contributed by atoms with E-state index in [0.717, 1.165) is 4.60 Å². The first-order chi connectivity index (χ1) is 7.65. The van der Waals surface area contributed by atoms with E-state index in [1.54, 1.807) is 31.3 Å². The molecule has 16 heavy (non-hydrogen) atoms. The number of nitrogens with zero attached hydrogens (tertiary/aromatic N) is 1. The van der Waals surface area contributed by atoms with Gasteiger partial charge in [0.25, 0.3) is 5.91 Å². The number of carbonyl (C=O) groups is 1. The van der Waals surface area contributed by atoms with Crippen molar-refractivity contribution < 1.29 is 9.21 Å². The maximum Gasteiger partial charge on any atom is 0.258 e. The number of aryl methyl sites for hydroxylation is 1. The molecule has 0 aromatic carbocycles. The summed E-state index contributed by atoms with van der Waals surface area (Å²) in [4.78, 5) is 15.7. The molecule has 82 valence electrons. The van der Waals surface area contributed by atoms with E-state index in [-0.39, 0.29) is 5.91 Å². The second-order valence-electron chi connectivity index (χ2n) is 3.27. The molecule has 4 nitrogen and oxygen atoms in total. The molecule has 0 aliphatic carbocycles. The molecule has 0 fully saturated rings. The third-order valence-electron chi connectivity index (χ3n) is 1.98. The van der Waals surface area contributed by atoms with E-state index in [1.165, 1.54) is 6.26 Å². The molecule has 0 saturated carbocycles. The minimum Gasteiger partial charge on any atom is -0.469 e. The molecule has 2 aromatic rings. The van der Waals surface area contributed by atoms with Gasteiger partial charge in [0, 0.05) is 0 Å². The summed E-state index contributed by atoms with van der Waals surface area (Å²) in [5, 5.41) is 2.72. The van der Waals surface area contributed by atoms with E-state index < -0.39 is 0 Å². The quantitative estimate of drug-likeness (QED) is 0.861. The van der Waals surface area contributed by atoms with Gasteiger partial charge in [0.1, 0.15) is 16.6 Å². The lowest BCUT2D eigenvalue weighted by Crippen LogP contribution is -2.10. The van der Waals surface area contributed by atoms with Gasteiger partial charge in [0.15, 0.2) is 0 Å². The Bertz CT molecular complexity index is 505. The lowest BCUT2D eigenvalue weighted by molar-refractivity contribution is 0.102. The van der Waals surface area contributed by atoms with Crippen LogP contribution >= 0.6 is 15.9 Å². The van der Waals surface area contributed by atoms with Crippen molar-refractivity contribution in [3.8, 4) is 0 Å². The summed E-state index contributed by atoms with van der Waals surface area (Å²) in [5.41, 5.74) is 1.15. The van der Waals surface area contributed by atoms with Crippen LogP contribution < -0.4 is 5.32 Å². The molecule has 0 atom stereocenters. The Hall–Kier alpha value is -1.62. The minimum absolute atomic E-state index is 0.207. The number of nitrogens with one attached hydrogen (secondary N) is 1. The van der Waals surface area contributed by atoms with Crippen molar-refractivity contribution in [3.05, 3.63) is 46.6 Å². The van der Waals surface area contributed by atoms with Gasteiger partial charge in [-0.15, -0.1) is 0 Å². The van der Waals surface area contributed by atoms with Crippen molar-refractivity contribution >= 4 is 27.5 Å². The molecule has 0 spiro atoms. The highest BCUT2D eigenvalue weighted by molar-refractivity contribution is 9.10. The monoisotopic (exact) mass is 280 g/mol. The summed E-state index contributed by atoms with van der Waals surface area (Å²) < 4.78 is 5.79. The summed E-state index contributed by atoms with van der Waals surface area (Å²) in [5.74, 6) is 0.500. The van der Waals surface area contributed by atoms with Gasteiger partial charge in [-0.05, 0) is 41.1 Å². The molecule has 0 aliphatic rings. The highest BCUT2D eigenvalue weighted by Gasteiger charge is 2.08. The van der Waals surface area contributed by atoms with Crippen LogP contribution in [-0.2, 0) is 0 Å². The van der Waals surface area contributed by atoms with Gasteiger partial charge in [-0.1, -0.05) is 0 Å². The number of amides is 1. The molecule has 2 rings (SSSR count). The molecule has 1 N–H and O–H groups in total. The topological polar surface area (TPSA) is 55.1 Å². The van der Waals surface area contributed by atoms with Gasteiger partial charge >= 0.3 is 0 Å². The van der Waals surface area contributed by atoms with Crippen LogP contribution in [0.2, 0.25) is 0 Å². The Morgan fingerprint density at radius 3 is 2.88 bits per heavy atom. The lowest BCUT2D eigenvalue weighted by Gasteiger charge is -2.02. The number of pyridine rings is 1. The first-order valence-corrected chi connectivity index (χ1v) is 5.42. The van der Waals surface area contributed by atoms with E-state index in [1.807, 2.05) is 0 Å². The average Bonchev–Trinajstić information content (AvgIpc) is 2.68. The Balaban J connectivity index is 2.10. The summed E-state index contributed by atoms with van der Waals surface area (Å²) >= 11 is 3.22. The van der Waals surface area contributed by atoms with E-state index in [9.17, 15) is 4.79 Å². The number of hydrogen-bond acceptors (Lipinski definition) is 3. The fraction of sp³-hybridized carbons (Fsp3) is 0.0909. The molecule has 0 radical (unpaired) electrons. The first-order valence-electron chi connectivity index (χ1n) is 4.63. The van der Waals surface area contributed by atoms with Crippen molar-refractivity contribution in [1.82, 2.24) is 4.98 Å². The van der Waals surface area contributed by atoms with Crippen molar-refractivity contribution in [2.75, 3.05) is 5.32 Å². The largest absolute Gasteiger partial charge is 0.469 e. The molecule has 2 aromatic heterocycles. The molecule has 0 aliphatic heterocycles. The highest BCUT2D eigenvalue weighted by Crippen LogP contribution is 2.13. The molecule has 0 saturated heterocycles. The van der Waals surface area contributed by atoms with Crippen molar-refractivity contribution in [1.29, 1.82) is 0 Å². The minimum atomic E-state index is -0.207. The summed E-state index contributed by atoms with van der Waals surface area (Å²) in [6.07, 6.45) is 3.01. The smallest absolute Gasteiger partial charge is 0.258 e. The summed E-state index contributed by atoms with van der Waals surface area (Å²) in [6.45, 7) is 1.79. The first kappa shape index (κ1) is 10.9. The van der Waals surface area contributed by atoms with E-state index in [4.69, 9.17) is 4.42 Å². The van der Waals surface area contributed by atoms with Crippen LogP contribution in [0.4, 0.5) is 5.69 Å². The predicted molar refractivity (Wildman–Crippen MR) is 63.3 cm³/mol. The molecule has 2 heterocycles. The maximum atomic E-state index is 11.7. The van der Waals surface area contributed by atoms with Crippen LogP contribution in [0.3, 0.4) is 0 Å². The van der Waals surface area contributed by atoms with E-state index in [0.29, 0.717) is 17.0 Å². The fourth-order valence-corrected chi connectivity index (χ4v) is 1.45. The van der Waals surface area contributed by atoms with Crippen LogP contribution in [0.25, 0.3) is 0 Å². The van der Waals surface area contributed by atoms with Gasteiger partial charge < -0.3 is 9.73 Å². The number of furan rings is 1. The molecule has 1 amide bonds. The Morgan fingerprint density at radius 1 is 1.50 bits per heavy atom. The molecule has 0 unspecified atom stereocenters. The predicted octanol–water partition coefficient (Wildman–Crippen LogP) is 3.00. The molecular weight excluding hydrogens is 272 g/mol. The fourth-order valence-electron chi connectivity index (χ4n) is 1.22. The van der Waals surface area contributed by atoms with Gasteiger partial charge in [-0.2, -0.15) is 0 Å². The summed E-state index contributed by atoms with van der Waals surface area (Å²) in [6, 6.07) is 5.21. The second-order valence-corrected chi connectivity index (χ2v) is 4.08. The number of anilines is 1. The molecular formula is C11H9BrN2O2. The normalized spacial score (nSPS) is 10.1. The molecule has 0 bridgehead atoms. The van der Waals surface area contributed by atoms with Crippen molar-refractivity contribution in [2.24, 2.45) is 0 Å². The van der Waals surface area contributed by atoms with Crippen LogP contribution in [-0.4, -0.2) is 10.9 Å². The lowest BCUT2D eigenvalue weighted by atomic mass is 10.3. The zero-order chi connectivity index (χ0) is 11.5. The third kappa shape index (κ3) is 2.49. The Kier molecular flexibility index (Phi) is 3.05.